The molecule has 0 aromatic carbocycles. The fourth-order valence-corrected chi connectivity index (χ4v) is 3.24. The molecule has 1 aliphatic rings. The Morgan fingerprint density at radius 1 is 1.16 bits per heavy atom. The summed E-state index contributed by atoms with van der Waals surface area (Å²) in [5.74, 6) is 0.999. The van der Waals surface area contributed by atoms with Crippen LogP contribution in [0, 0.1) is 11.8 Å². The molecule has 0 saturated carbocycles. The molecule has 1 aromatic heterocycles. The fraction of sp³-hybridized carbons (Fsp3) is 0.737. The molecule has 0 radical (unpaired) electrons. The Kier molecular flexibility index (Phi) is 6.62. The van der Waals surface area contributed by atoms with Crippen molar-refractivity contribution in [2.75, 3.05) is 19.6 Å². The van der Waals surface area contributed by atoms with Gasteiger partial charge in [-0.05, 0) is 31.2 Å². The van der Waals surface area contributed by atoms with Crippen molar-refractivity contribution in [2.45, 2.75) is 60.0 Å². The molecule has 25 heavy (non-hydrogen) atoms. The van der Waals surface area contributed by atoms with Crippen LogP contribution < -0.4 is 0 Å². The first-order valence-electron chi connectivity index (χ1n) is 9.40. The van der Waals surface area contributed by atoms with Gasteiger partial charge < -0.3 is 9.80 Å². The molecule has 2 rings (SSSR count). The van der Waals surface area contributed by atoms with Crippen molar-refractivity contribution in [3.8, 4) is 0 Å². The van der Waals surface area contributed by atoms with Gasteiger partial charge in [0.1, 0.15) is 5.69 Å². The van der Waals surface area contributed by atoms with Crippen LogP contribution in [0.3, 0.4) is 0 Å². The Morgan fingerprint density at radius 2 is 1.88 bits per heavy atom. The van der Waals surface area contributed by atoms with E-state index in [0.29, 0.717) is 37.0 Å². The first-order valence-corrected chi connectivity index (χ1v) is 9.40. The maximum Gasteiger partial charge on any atom is 0.272 e. The zero-order chi connectivity index (χ0) is 18.6. The van der Waals surface area contributed by atoms with E-state index in [1.807, 2.05) is 9.80 Å². The van der Waals surface area contributed by atoms with Gasteiger partial charge in [-0.25, -0.2) is 0 Å². The van der Waals surface area contributed by atoms with Crippen LogP contribution >= 0.6 is 0 Å². The van der Waals surface area contributed by atoms with Crippen molar-refractivity contribution in [3.63, 3.8) is 0 Å². The Morgan fingerprint density at radius 3 is 2.52 bits per heavy atom. The highest BCUT2D eigenvalue weighted by molar-refractivity contribution is 5.92. The van der Waals surface area contributed by atoms with E-state index < -0.39 is 0 Å². The lowest BCUT2D eigenvalue weighted by atomic mass is 10.1. The third kappa shape index (κ3) is 5.06. The minimum atomic E-state index is 0.0174. The van der Waals surface area contributed by atoms with Gasteiger partial charge in [0.05, 0.1) is 0 Å². The van der Waals surface area contributed by atoms with E-state index in [0.717, 1.165) is 19.5 Å². The summed E-state index contributed by atoms with van der Waals surface area (Å²) in [5.41, 5.74) is 0.641. The second kappa shape index (κ2) is 8.50. The summed E-state index contributed by atoms with van der Waals surface area (Å²) in [6.45, 7) is 13.1. The summed E-state index contributed by atoms with van der Waals surface area (Å²) < 4.78 is 1.80. The van der Waals surface area contributed by atoms with E-state index in [1.54, 1.807) is 16.9 Å². The smallest absolute Gasteiger partial charge is 0.272 e. The van der Waals surface area contributed by atoms with Crippen molar-refractivity contribution in [1.82, 2.24) is 19.6 Å². The Bertz CT molecular complexity index is 594. The van der Waals surface area contributed by atoms with Gasteiger partial charge in [-0.1, -0.05) is 27.7 Å². The van der Waals surface area contributed by atoms with E-state index in [9.17, 15) is 9.59 Å². The number of carbonyl (C=O) groups is 2. The van der Waals surface area contributed by atoms with E-state index in [2.05, 4.69) is 39.7 Å². The SMILES string of the molecule is CC(C)CC(=O)N1CCC(C)N(C(=O)c2ccnn2CC(C)C)CC1. The minimum absolute atomic E-state index is 0.0174. The zero-order valence-corrected chi connectivity index (χ0v) is 16.2. The second-order valence-corrected chi connectivity index (χ2v) is 7.91. The Balaban J connectivity index is 2.08. The maximum absolute atomic E-state index is 13.0. The van der Waals surface area contributed by atoms with Crippen LogP contribution in [0.2, 0.25) is 0 Å². The van der Waals surface area contributed by atoms with Crippen LogP contribution in [0.4, 0.5) is 0 Å². The van der Waals surface area contributed by atoms with E-state index in [-0.39, 0.29) is 17.9 Å². The molecule has 6 heteroatoms. The van der Waals surface area contributed by atoms with Gasteiger partial charge in [0.2, 0.25) is 5.91 Å². The molecule has 0 aliphatic carbocycles. The molecule has 2 amide bonds. The average molecular weight is 348 g/mol. The van der Waals surface area contributed by atoms with E-state index >= 15 is 0 Å². The van der Waals surface area contributed by atoms with Crippen LogP contribution in [0.5, 0.6) is 0 Å². The van der Waals surface area contributed by atoms with Crippen molar-refractivity contribution in [1.29, 1.82) is 0 Å². The number of aromatic nitrogens is 2. The fourth-order valence-electron chi connectivity index (χ4n) is 3.24. The van der Waals surface area contributed by atoms with E-state index in [4.69, 9.17) is 0 Å². The maximum atomic E-state index is 13.0. The minimum Gasteiger partial charge on any atom is -0.341 e. The summed E-state index contributed by atoms with van der Waals surface area (Å²) >= 11 is 0. The van der Waals surface area contributed by atoms with Crippen LogP contribution in [-0.4, -0.2) is 57.1 Å². The molecule has 140 valence electrons. The van der Waals surface area contributed by atoms with Crippen molar-refractivity contribution < 1.29 is 9.59 Å². The summed E-state index contributed by atoms with van der Waals surface area (Å²) in [7, 11) is 0. The Labute approximate surface area is 151 Å². The van der Waals surface area contributed by atoms with Gasteiger partial charge in [-0.3, -0.25) is 14.3 Å². The molecule has 0 spiro atoms. The lowest BCUT2D eigenvalue weighted by Gasteiger charge is -2.27. The lowest BCUT2D eigenvalue weighted by Crippen LogP contribution is -2.41. The first kappa shape index (κ1) is 19.5. The molecular formula is C19H32N4O2. The second-order valence-electron chi connectivity index (χ2n) is 7.91. The van der Waals surface area contributed by atoms with Crippen LogP contribution in [0.15, 0.2) is 12.3 Å². The molecular weight excluding hydrogens is 316 g/mol. The molecule has 1 aliphatic heterocycles. The number of amides is 2. The van der Waals surface area contributed by atoms with Gasteiger partial charge in [-0.2, -0.15) is 5.10 Å². The number of hydrogen-bond donors (Lipinski definition) is 0. The zero-order valence-electron chi connectivity index (χ0n) is 16.2. The summed E-state index contributed by atoms with van der Waals surface area (Å²) in [6.07, 6.45) is 3.08. The van der Waals surface area contributed by atoms with Gasteiger partial charge in [-0.15, -0.1) is 0 Å². The highest BCUT2D eigenvalue weighted by Crippen LogP contribution is 2.17. The molecule has 0 bridgehead atoms. The molecule has 1 unspecified atom stereocenters. The third-order valence-corrected chi connectivity index (χ3v) is 4.63. The first-order chi connectivity index (χ1) is 11.8. The summed E-state index contributed by atoms with van der Waals surface area (Å²) in [5, 5.41) is 4.30. The van der Waals surface area contributed by atoms with Crippen LogP contribution in [0.25, 0.3) is 0 Å². The van der Waals surface area contributed by atoms with Gasteiger partial charge in [0, 0.05) is 44.8 Å². The number of hydrogen-bond acceptors (Lipinski definition) is 3. The number of nitrogens with zero attached hydrogens (tertiary/aromatic N) is 4. The molecule has 0 N–H and O–H groups in total. The van der Waals surface area contributed by atoms with Gasteiger partial charge in [0.25, 0.3) is 5.91 Å². The highest BCUT2D eigenvalue weighted by atomic mass is 16.2. The van der Waals surface area contributed by atoms with Crippen molar-refractivity contribution >= 4 is 11.8 Å². The summed E-state index contributed by atoms with van der Waals surface area (Å²) in [6, 6.07) is 1.91. The predicted octanol–water partition coefficient (Wildman–Crippen LogP) is 2.65. The topological polar surface area (TPSA) is 58.4 Å². The Hall–Kier alpha value is -1.85. The number of rotatable bonds is 5. The van der Waals surface area contributed by atoms with Gasteiger partial charge in [0.15, 0.2) is 0 Å². The lowest BCUT2D eigenvalue weighted by molar-refractivity contribution is -0.131. The van der Waals surface area contributed by atoms with Crippen LogP contribution in [0.1, 0.15) is 57.9 Å². The van der Waals surface area contributed by atoms with Crippen molar-refractivity contribution in [3.05, 3.63) is 18.0 Å². The molecule has 6 nitrogen and oxygen atoms in total. The predicted molar refractivity (Wildman–Crippen MR) is 98.2 cm³/mol. The average Bonchev–Trinajstić information content (AvgIpc) is 2.86. The molecule has 1 atom stereocenters. The molecule has 1 aromatic rings. The standard InChI is InChI=1S/C19H32N4O2/c1-14(2)12-18(24)21-9-7-16(5)22(11-10-21)19(25)17-6-8-20-23(17)13-15(3)4/h6,8,14-16H,7,9-13H2,1-5H3. The third-order valence-electron chi connectivity index (χ3n) is 4.63. The summed E-state index contributed by atoms with van der Waals surface area (Å²) in [4.78, 5) is 29.2. The molecule has 2 heterocycles. The quantitative estimate of drug-likeness (QED) is 0.822. The monoisotopic (exact) mass is 348 g/mol. The highest BCUT2D eigenvalue weighted by Gasteiger charge is 2.29. The largest absolute Gasteiger partial charge is 0.341 e. The molecule has 1 saturated heterocycles. The normalized spacial score (nSPS) is 18.8. The van der Waals surface area contributed by atoms with E-state index in [1.165, 1.54) is 0 Å². The van der Waals surface area contributed by atoms with Crippen molar-refractivity contribution in [2.24, 2.45) is 11.8 Å². The van der Waals surface area contributed by atoms with Crippen LogP contribution in [-0.2, 0) is 11.3 Å². The molecule has 1 fully saturated rings. The van der Waals surface area contributed by atoms with Gasteiger partial charge >= 0.3 is 0 Å². The number of carbonyl (C=O) groups excluding carboxylic acids is 2.